The molecule has 0 aromatic carbocycles. The van der Waals surface area contributed by atoms with Gasteiger partial charge in [-0.2, -0.15) is 0 Å². The number of hydrogen-bond acceptors (Lipinski definition) is 2. The molecule has 3 heteroatoms. The summed E-state index contributed by atoms with van der Waals surface area (Å²) >= 11 is 3.42. The van der Waals surface area contributed by atoms with E-state index in [-0.39, 0.29) is 0 Å². The fourth-order valence-corrected chi connectivity index (χ4v) is 1.68. The van der Waals surface area contributed by atoms with Crippen molar-refractivity contribution in [2.45, 2.75) is 39.0 Å². The Balaban J connectivity index is 2.06. The predicted octanol–water partition coefficient (Wildman–Crippen LogP) is 3.48. The molecule has 13 heavy (non-hydrogen) atoms. The second-order valence-electron chi connectivity index (χ2n) is 3.29. The third-order valence-corrected chi connectivity index (χ3v) is 2.54. The molecule has 0 radical (unpaired) electrons. The SMILES string of the molecule is Cc1cc(CCCCCCBr)on1. The number of hydrogen-bond donors (Lipinski definition) is 0. The van der Waals surface area contributed by atoms with E-state index in [4.69, 9.17) is 4.52 Å². The summed E-state index contributed by atoms with van der Waals surface area (Å²) in [5, 5.41) is 4.97. The van der Waals surface area contributed by atoms with Crippen molar-refractivity contribution in [3.63, 3.8) is 0 Å². The molecular formula is C10H16BrNO. The first-order valence-corrected chi connectivity index (χ1v) is 5.93. The lowest BCUT2D eigenvalue weighted by Gasteiger charge is -1.96. The number of halogens is 1. The maximum Gasteiger partial charge on any atom is 0.136 e. The van der Waals surface area contributed by atoms with Gasteiger partial charge in [0.2, 0.25) is 0 Å². The summed E-state index contributed by atoms with van der Waals surface area (Å²) in [7, 11) is 0. The maximum absolute atomic E-state index is 5.11. The zero-order chi connectivity index (χ0) is 9.52. The van der Waals surface area contributed by atoms with E-state index in [0.717, 1.165) is 23.2 Å². The van der Waals surface area contributed by atoms with Crippen LogP contribution in [0.25, 0.3) is 0 Å². The lowest BCUT2D eigenvalue weighted by Crippen LogP contribution is -1.83. The molecule has 0 fully saturated rings. The van der Waals surface area contributed by atoms with Crippen molar-refractivity contribution in [1.29, 1.82) is 0 Å². The Bertz CT molecular complexity index is 235. The van der Waals surface area contributed by atoms with E-state index in [9.17, 15) is 0 Å². The average molecular weight is 246 g/mol. The molecule has 1 heterocycles. The molecule has 0 bridgehead atoms. The van der Waals surface area contributed by atoms with Crippen LogP contribution in [-0.4, -0.2) is 10.5 Å². The van der Waals surface area contributed by atoms with Crippen LogP contribution in [0.15, 0.2) is 10.6 Å². The molecule has 0 saturated carbocycles. The van der Waals surface area contributed by atoms with Crippen LogP contribution >= 0.6 is 15.9 Å². The van der Waals surface area contributed by atoms with E-state index in [1.54, 1.807) is 0 Å². The van der Waals surface area contributed by atoms with Crippen LogP contribution in [0.3, 0.4) is 0 Å². The van der Waals surface area contributed by atoms with E-state index in [1.165, 1.54) is 25.7 Å². The van der Waals surface area contributed by atoms with Crippen molar-refractivity contribution in [2.75, 3.05) is 5.33 Å². The fraction of sp³-hybridized carbons (Fsp3) is 0.700. The van der Waals surface area contributed by atoms with E-state index in [2.05, 4.69) is 21.1 Å². The molecular weight excluding hydrogens is 230 g/mol. The third kappa shape index (κ3) is 4.46. The molecule has 0 spiro atoms. The van der Waals surface area contributed by atoms with Gasteiger partial charge in [-0.05, 0) is 19.8 Å². The van der Waals surface area contributed by atoms with Crippen molar-refractivity contribution in [3.8, 4) is 0 Å². The number of aryl methyl sites for hydroxylation is 2. The molecule has 0 aliphatic rings. The zero-order valence-corrected chi connectivity index (χ0v) is 9.64. The van der Waals surface area contributed by atoms with Gasteiger partial charge in [-0.1, -0.05) is 33.9 Å². The van der Waals surface area contributed by atoms with Crippen molar-refractivity contribution in [1.82, 2.24) is 5.16 Å². The standard InChI is InChI=1S/C10H16BrNO/c1-9-8-10(13-12-9)6-4-2-3-5-7-11/h8H,2-7H2,1H3. The van der Waals surface area contributed by atoms with Gasteiger partial charge in [-0.25, -0.2) is 0 Å². The summed E-state index contributed by atoms with van der Waals surface area (Å²) in [5.41, 5.74) is 0.982. The second-order valence-corrected chi connectivity index (χ2v) is 4.08. The maximum atomic E-state index is 5.11. The highest BCUT2D eigenvalue weighted by atomic mass is 79.9. The lowest BCUT2D eigenvalue weighted by atomic mass is 10.1. The largest absolute Gasteiger partial charge is 0.361 e. The fourth-order valence-electron chi connectivity index (χ4n) is 1.28. The Morgan fingerprint density at radius 3 is 2.69 bits per heavy atom. The van der Waals surface area contributed by atoms with Crippen LogP contribution in [0.1, 0.15) is 37.1 Å². The van der Waals surface area contributed by atoms with Gasteiger partial charge in [0.1, 0.15) is 5.76 Å². The molecule has 0 N–H and O–H groups in total. The lowest BCUT2D eigenvalue weighted by molar-refractivity contribution is 0.375. The monoisotopic (exact) mass is 245 g/mol. The van der Waals surface area contributed by atoms with Gasteiger partial charge >= 0.3 is 0 Å². The van der Waals surface area contributed by atoms with Gasteiger partial charge in [0.15, 0.2) is 0 Å². The summed E-state index contributed by atoms with van der Waals surface area (Å²) in [5.74, 6) is 1.02. The summed E-state index contributed by atoms with van der Waals surface area (Å²) in [6.07, 6.45) is 6.10. The minimum Gasteiger partial charge on any atom is -0.361 e. The smallest absolute Gasteiger partial charge is 0.136 e. The van der Waals surface area contributed by atoms with Crippen LogP contribution in [0, 0.1) is 6.92 Å². The molecule has 0 aliphatic carbocycles. The first-order chi connectivity index (χ1) is 6.33. The number of nitrogens with zero attached hydrogens (tertiary/aromatic N) is 1. The molecule has 1 aromatic heterocycles. The van der Waals surface area contributed by atoms with Gasteiger partial charge in [0.25, 0.3) is 0 Å². The number of unbranched alkanes of at least 4 members (excludes halogenated alkanes) is 3. The highest BCUT2D eigenvalue weighted by Crippen LogP contribution is 2.09. The minimum absolute atomic E-state index is 0.982. The molecule has 1 aromatic rings. The van der Waals surface area contributed by atoms with Gasteiger partial charge in [-0.15, -0.1) is 0 Å². The average Bonchev–Trinajstić information content (AvgIpc) is 2.51. The summed E-state index contributed by atoms with van der Waals surface area (Å²) in [4.78, 5) is 0. The second kappa shape index (κ2) is 6.19. The Morgan fingerprint density at radius 1 is 1.31 bits per heavy atom. The van der Waals surface area contributed by atoms with Gasteiger partial charge in [0, 0.05) is 17.8 Å². The highest BCUT2D eigenvalue weighted by molar-refractivity contribution is 9.09. The topological polar surface area (TPSA) is 26.0 Å². The van der Waals surface area contributed by atoms with Gasteiger partial charge in [-0.3, -0.25) is 0 Å². The number of aromatic nitrogens is 1. The van der Waals surface area contributed by atoms with Crippen LogP contribution in [-0.2, 0) is 6.42 Å². The predicted molar refractivity (Wildman–Crippen MR) is 57.2 cm³/mol. The van der Waals surface area contributed by atoms with Crippen LogP contribution in [0.4, 0.5) is 0 Å². The Morgan fingerprint density at radius 2 is 2.08 bits per heavy atom. The summed E-state index contributed by atoms with van der Waals surface area (Å²) in [6, 6.07) is 2.02. The number of alkyl halides is 1. The van der Waals surface area contributed by atoms with Crippen LogP contribution in [0.2, 0.25) is 0 Å². The molecule has 0 atom stereocenters. The third-order valence-electron chi connectivity index (χ3n) is 1.98. The quantitative estimate of drug-likeness (QED) is 0.567. The van der Waals surface area contributed by atoms with Gasteiger partial charge in [0.05, 0.1) is 5.69 Å². The van der Waals surface area contributed by atoms with E-state index >= 15 is 0 Å². The van der Waals surface area contributed by atoms with E-state index < -0.39 is 0 Å². The minimum atomic E-state index is 0.982. The molecule has 0 saturated heterocycles. The van der Waals surface area contributed by atoms with Crippen molar-refractivity contribution in [3.05, 3.63) is 17.5 Å². The first kappa shape index (κ1) is 10.8. The molecule has 0 amide bonds. The molecule has 74 valence electrons. The molecule has 0 unspecified atom stereocenters. The van der Waals surface area contributed by atoms with Gasteiger partial charge < -0.3 is 4.52 Å². The van der Waals surface area contributed by atoms with E-state index in [1.807, 2.05) is 13.0 Å². The zero-order valence-electron chi connectivity index (χ0n) is 8.05. The Labute approximate surface area is 87.8 Å². The first-order valence-electron chi connectivity index (χ1n) is 4.81. The van der Waals surface area contributed by atoms with E-state index in [0.29, 0.717) is 0 Å². The van der Waals surface area contributed by atoms with Crippen molar-refractivity contribution < 1.29 is 4.52 Å². The molecule has 1 rings (SSSR count). The molecule has 2 nitrogen and oxygen atoms in total. The van der Waals surface area contributed by atoms with Crippen LogP contribution in [0.5, 0.6) is 0 Å². The highest BCUT2D eigenvalue weighted by Gasteiger charge is 1.99. The van der Waals surface area contributed by atoms with Crippen molar-refractivity contribution >= 4 is 15.9 Å². The summed E-state index contributed by atoms with van der Waals surface area (Å²) < 4.78 is 5.11. The summed E-state index contributed by atoms with van der Waals surface area (Å²) in [6.45, 7) is 1.96. The normalized spacial score (nSPS) is 10.6. The number of rotatable bonds is 6. The van der Waals surface area contributed by atoms with Crippen molar-refractivity contribution in [2.24, 2.45) is 0 Å². The molecule has 0 aliphatic heterocycles. The Hall–Kier alpha value is -0.310. The van der Waals surface area contributed by atoms with Crippen LogP contribution < -0.4 is 0 Å². The Kier molecular flexibility index (Phi) is 5.13.